The van der Waals surface area contributed by atoms with Gasteiger partial charge in [0.25, 0.3) is 0 Å². The van der Waals surface area contributed by atoms with Gasteiger partial charge in [0.1, 0.15) is 5.75 Å². The molecule has 1 saturated heterocycles. The summed E-state index contributed by atoms with van der Waals surface area (Å²) in [6, 6.07) is 6.43. The second-order valence-corrected chi connectivity index (χ2v) is 7.14. The van der Waals surface area contributed by atoms with Crippen LogP contribution in [0.2, 0.25) is 0 Å². The molecule has 1 saturated carbocycles. The van der Waals surface area contributed by atoms with E-state index in [1.165, 1.54) is 30.4 Å². The number of methoxy groups -OCH3 is 1. The first-order chi connectivity index (χ1) is 10.2. The average Bonchev–Trinajstić information content (AvgIpc) is 2.84. The van der Waals surface area contributed by atoms with Crippen LogP contribution in [0.4, 0.5) is 0 Å². The monoisotopic (exact) mass is 287 g/mol. The largest absolute Gasteiger partial charge is 0.497 e. The van der Waals surface area contributed by atoms with Crippen LogP contribution in [0, 0.1) is 5.92 Å². The molecule has 1 heterocycles. The van der Waals surface area contributed by atoms with E-state index in [-0.39, 0.29) is 11.1 Å². The summed E-state index contributed by atoms with van der Waals surface area (Å²) in [6.45, 7) is 0.878. The minimum absolute atomic E-state index is 0.164. The lowest BCUT2D eigenvalue weighted by molar-refractivity contribution is -0.152. The van der Waals surface area contributed by atoms with Gasteiger partial charge in [-0.15, -0.1) is 0 Å². The molecule has 1 aromatic carbocycles. The fraction of sp³-hybridized carbons (Fsp3) is 0.667. The van der Waals surface area contributed by atoms with E-state index in [0.717, 1.165) is 38.0 Å². The molecular weight excluding hydrogens is 262 g/mol. The number of hydrogen-bond acceptors (Lipinski definition) is 3. The van der Waals surface area contributed by atoms with Gasteiger partial charge in [0.05, 0.1) is 12.7 Å². The maximum absolute atomic E-state index is 6.96. The second kappa shape index (κ2) is 4.72. The number of ether oxygens (including phenoxy) is 2. The Balaban J connectivity index is 1.66. The summed E-state index contributed by atoms with van der Waals surface area (Å²) in [6.07, 6.45) is 8.16. The molecule has 0 amide bonds. The van der Waals surface area contributed by atoms with Gasteiger partial charge in [0.15, 0.2) is 0 Å². The Morgan fingerprint density at radius 2 is 2.14 bits per heavy atom. The molecule has 2 unspecified atom stereocenters. The fourth-order valence-electron chi connectivity index (χ4n) is 4.62. The number of hydrogen-bond donors (Lipinski definition) is 1. The van der Waals surface area contributed by atoms with Crippen LogP contribution in [-0.2, 0) is 16.7 Å². The van der Waals surface area contributed by atoms with Crippen LogP contribution in [0.5, 0.6) is 5.75 Å². The van der Waals surface area contributed by atoms with Crippen molar-refractivity contribution < 1.29 is 9.47 Å². The maximum atomic E-state index is 6.96. The zero-order chi connectivity index (χ0) is 14.5. The van der Waals surface area contributed by atoms with E-state index in [1.54, 1.807) is 7.11 Å². The first-order valence-corrected chi connectivity index (χ1v) is 8.25. The van der Waals surface area contributed by atoms with Gasteiger partial charge in [-0.25, -0.2) is 0 Å². The Labute approximate surface area is 126 Å². The van der Waals surface area contributed by atoms with Gasteiger partial charge in [-0.3, -0.25) is 0 Å². The smallest absolute Gasteiger partial charge is 0.119 e. The van der Waals surface area contributed by atoms with E-state index in [2.05, 4.69) is 18.2 Å². The molecule has 3 nitrogen and oxygen atoms in total. The predicted molar refractivity (Wildman–Crippen MR) is 82.4 cm³/mol. The average molecular weight is 287 g/mol. The summed E-state index contributed by atoms with van der Waals surface area (Å²) in [4.78, 5) is 0. The lowest BCUT2D eigenvalue weighted by Gasteiger charge is -2.51. The lowest BCUT2D eigenvalue weighted by atomic mass is 9.65. The number of rotatable bonds is 2. The SMILES string of the molecule is COc1ccc2c(c1)C(N)(C1CCOC3(CCC3)C1)CC2. The number of nitrogens with two attached hydrogens (primary N) is 1. The number of benzene rings is 1. The van der Waals surface area contributed by atoms with Gasteiger partial charge in [0.2, 0.25) is 0 Å². The van der Waals surface area contributed by atoms with Crippen molar-refractivity contribution in [3.8, 4) is 5.75 Å². The summed E-state index contributed by atoms with van der Waals surface area (Å²) in [5, 5.41) is 0. The molecule has 2 N–H and O–H groups in total. The van der Waals surface area contributed by atoms with Crippen LogP contribution in [0.25, 0.3) is 0 Å². The molecule has 4 rings (SSSR count). The first-order valence-electron chi connectivity index (χ1n) is 8.25. The van der Waals surface area contributed by atoms with Crippen LogP contribution < -0.4 is 10.5 Å². The molecule has 2 fully saturated rings. The Hall–Kier alpha value is -1.06. The van der Waals surface area contributed by atoms with Gasteiger partial charge in [-0.1, -0.05) is 6.07 Å². The van der Waals surface area contributed by atoms with Crippen LogP contribution >= 0.6 is 0 Å². The van der Waals surface area contributed by atoms with Crippen molar-refractivity contribution in [2.24, 2.45) is 11.7 Å². The highest BCUT2D eigenvalue weighted by molar-refractivity contribution is 5.44. The van der Waals surface area contributed by atoms with E-state index in [4.69, 9.17) is 15.2 Å². The Bertz CT molecular complexity index is 552. The van der Waals surface area contributed by atoms with E-state index in [1.807, 2.05) is 0 Å². The summed E-state index contributed by atoms with van der Waals surface area (Å²) < 4.78 is 11.5. The molecule has 1 spiro atoms. The molecule has 1 aromatic rings. The zero-order valence-electron chi connectivity index (χ0n) is 12.9. The molecule has 2 aliphatic carbocycles. The zero-order valence-corrected chi connectivity index (χ0v) is 12.9. The minimum Gasteiger partial charge on any atom is -0.497 e. The molecule has 21 heavy (non-hydrogen) atoms. The molecule has 3 heteroatoms. The normalized spacial score (nSPS) is 33.5. The van der Waals surface area contributed by atoms with E-state index in [0.29, 0.717) is 5.92 Å². The van der Waals surface area contributed by atoms with E-state index >= 15 is 0 Å². The highest BCUT2D eigenvalue weighted by Crippen LogP contribution is 2.51. The Kier molecular flexibility index (Phi) is 3.05. The minimum atomic E-state index is -0.184. The van der Waals surface area contributed by atoms with Crippen molar-refractivity contribution in [1.82, 2.24) is 0 Å². The van der Waals surface area contributed by atoms with Crippen molar-refractivity contribution in [3.05, 3.63) is 29.3 Å². The first kappa shape index (κ1) is 13.6. The molecule has 114 valence electrons. The topological polar surface area (TPSA) is 44.5 Å². The standard InChI is InChI=1S/C18H25NO2/c1-20-15-4-3-13-5-9-18(19,16(13)11-15)14-6-10-21-17(12-14)7-2-8-17/h3-4,11,14H,2,5-10,12,19H2,1H3. The summed E-state index contributed by atoms with van der Waals surface area (Å²) in [7, 11) is 1.73. The van der Waals surface area contributed by atoms with Gasteiger partial charge in [0, 0.05) is 12.1 Å². The second-order valence-electron chi connectivity index (χ2n) is 7.14. The third-order valence-corrected chi connectivity index (χ3v) is 6.11. The highest BCUT2D eigenvalue weighted by Gasteiger charge is 2.50. The molecule has 3 aliphatic rings. The maximum Gasteiger partial charge on any atom is 0.119 e. The molecule has 0 aromatic heterocycles. The van der Waals surface area contributed by atoms with Crippen molar-refractivity contribution in [2.75, 3.05) is 13.7 Å². The fourth-order valence-corrected chi connectivity index (χ4v) is 4.62. The summed E-state index contributed by atoms with van der Waals surface area (Å²) >= 11 is 0. The van der Waals surface area contributed by atoms with Crippen LogP contribution in [-0.4, -0.2) is 19.3 Å². The van der Waals surface area contributed by atoms with Crippen LogP contribution in [0.3, 0.4) is 0 Å². The lowest BCUT2D eigenvalue weighted by Crippen LogP contribution is -2.53. The predicted octanol–water partition coefficient (Wildman–Crippen LogP) is 3.14. The van der Waals surface area contributed by atoms with Gasteiger partial charge < -0.3 is 15.2 Å². The molecule has 2 atom stereocenters. The van der Waals surface area contributed by atoms with E-state index in [9.17, 15) is 0 Å². The summed E-state index contributed by atoms with van der Waals surface area (Å²) in [5.41, 5.74) is 9.67. The third kappa shape index (κ3) is 2.01. The summed E-state index contributed by atoms with van der Waals surface area (Å²) in [5.74, 6) is 1.47. The van der Waals surface area contributed by atoms with Crippen molar-refractivity contribution >= 4 is 0 Å². The number of fused-ring (bicyclic) bond motifs is 1. The van der Waals surface area contributed by atoms with Gasteiger partial charge in [-0.2, -0.15) is 0 Å². The van der Waals surface area contributed by atoms with E-state index < -0.39 is 0 Å². The van der Waals surface area contributed by atoms with Gasteiger partial charge >= 0.3 is 0 Å². The van der Waals surface area contributed by atoms with Crippen molar-refractivity contribution in [1.29, 1.82) is 0 Å². The van der Waals surface area contributed by atoms with Gasteiger partial charge in [-0.05, 0) is 74.1 Å². The number of aryl methyl sites for hydroxylation is 1. The van der Waals surface area contributed by atoms with Crippen LogP contribution in [0.1, 0.15) is 49.7 Å². The van der Waals surface area contributed by atoms with Crippen LogP contribution in [0.15, 0.2) is 18.2 Å². The Morgan fingerprint density at radius 1 is 1.29 bits per heavy atom. The van der Waals surface area contributed by atoms with Crippen molar-refractivity contribution in [2.45, 2.75) is 56.1 Å². The Morgan fingerprint density at radius 3 is 2.86 bits per heavy atom. The molecule has 0 radical (unpaired) electrons. The highest BCUT2D eigenvalue weighted by atomic mass is 16.5. The molecular formula is C18H25NO2. The van der Waals surface area contributed by atoms with Crippen molar-refractivity contribution in [3.63, 3.8) is 0 Å². The molecule has 1 aliphatic heterocycles. The third-order valence-electron chi connectivity index (χ3n) is 6.11. The quantitative estimate of drug-likeness (QED) is 0.909. The molecule has 0 bridgehead atoms.